The van der Waals surface area contributed by atoms with Gasteiger partial charge in [-0.3, -0.25) is 14.5 Å². The van der Waals surface area contributed by atoms with Gasteiger partial charge in [0.2, 0.25) is 5.91 Å². The summed E-state index contributed by atoms with van der Waals surface area (Å²) in [7, 11) is 0. The molecule has 2 aromatic rings. The van der Waals surface area contributed by atoms with Crippen LogP contribution in [0.25, 0.3) is 0 Å². The van der Waals surface area contributed by atoms with E-state index in [1.54, 1.807) is 28.6 Å². The summed E-state index contributed by atoms with van der Waals surface area (Å²) in [6, 6.07) is 5.05. The Hall–Kier alpha value is -2.94. The fourth-order valence-corrected chi connectivity index (χ4v) is 3.15. The van der Waals surface area contributed by atoms with Gasteiger partial charge in [0.1, 0.15) is 0 Å². The number of urea groups is 1. The van der Waals surface area contributed by atoms with E-state index in [9.17, 15) is 14.4 Å². The average Bonchev–Trinajstić information content (AvgIpc) is 3.27. The third-order valence-corrected chi connectivity index (χ3v) is 4.62. The summed E-state index contributed by atoms with van der Waals surface area (Å²) >= 11 is 1.34. The Balaban J connectivity index is 1.56. The number of hydrogen-bond donors (Lipinski definition) is 3. The number of thiazole rings is 1. The van der Waals surface area contributed by atoms with Crippen LogP contribution in [0.4, 0.5) is 15.6 Å². The SMILES string of the molecule is Cc1ccc(C(=O)NCCC(=O)Nc2nccs2)cc1N1CCNC1=O. The molecule has 3 N–H and O–H groups in total. The summed E-state index contributed by atoms with van der Waals surface area (Å²) < 4.78 is 0. The Morgan fingerprint density at radius 2 is 2.23 bits per heavy atom. The minimum absolute atomic E-state index is 0.151. The number of nitrogens with zero attached hydrogens (tertiary/aromatic N) is 2. The molecule has 3 rings (SSSR count). The Bertz CT molecular complexity index is 822. The summed E-state index contributed by atoms with van der Waals surface area (Å²) in [5, 5.41) is 10.4. The van der Waals surface area contributed by atoms with Crippen LogP contribution in [-0.4, -0.2) is 42.5 Å². The van der Waals surface area contributed by atoms with Crippen LogP contribution in [0.1, 0.15) is 22.3 Å². The largest absolute Gasteiger partial charge is 0.352 e. The Kier molecular flexibility index (Phi) is 5.47. The van der Waals surface area contributed by atoms with Crippen molar-refractivity contribution in [3.05, 3.63) is 40.9 Å². The van der Waals surface area contributed by atoms with E-state index in [-0.39, 0.29) is 30.8 Å². The number of benzene rings is 1. The van der Waals surface area contributed by atoms with Crippen LogP contribution in [0.5, 0.6) is 0 Å². The van der Waals surface area contributed by atoms with Gasteiger partial charge >= 0.3 is 6.03 Å². The highest BCUT2D eigenvalue weighted by atomic mass is 32.1. The highest BCUT2D eigenvalue weighted by molar-refractivity contribution is 7.13. The molecule has 0 unspecified atom stereocenters. The van der Waals surface area contributed by atoms with Gasteiger partial charge in [0.05, 0.1) is 0 Å². The molecule has 0 radical (unpaired) electrons. The molecule has 0 spiro atoms. The number of amides is 4. The summed E-state index contributed by atoms with van der Waals surface area (Å²) in [5.41, 5.74) is 2.08. The molecule has 9 heteroatoms. The van der Waals surface area contributed by atoms with Crippen LogP contribution in [0, 0.1) is 6.92 Å². The molecule has 8 nitrogen and oxygen atoms in total. The summed E-state index contributed by atoms with van der Waals surface area (Å²) in [5.74, 6) is -0.494. The van der Waals surface area contributed by atoms with Crippen LogP contribution in [0.3, 0.4) is 0 Å². The molecule has 1 saturated heterocycles. The number of nitrogens with one attached hydrogen (secondary N) is 3. The van der Waals surface area contributed by atoms with Gasteiger partial charge in [-0.05, 0) is 24.6 Å². The Morgan fingerprint density at radius 1 is 1.38 bits per heavy atom. The molecule has 0 saturated carbocycles. The highest BCUT2D eigenvalue weighted by Crippen LogP contribution is 2.23. The van der Waals surface area contributed by atoms with Gasteiger partial charge in [0, 0.05) is 48.9 Å². The van der Waals surface area contributed by atoms with Gasteiger partial charge in [-0.15, -0.1) is 11.3 Å². The van der Waals surface area contributed by atoms with E-state index in [0.717, 1.165) is 5.56 Å². The van der Waals surface area contributed by atoms with Crippen molar-refractivity contribution >= 4 is 40.0 Å². The van der Waals surface area contributed by atoms with Crippen LogP contribution in [0.2, 0.25) is 0 Å². The quantitative estimate of drug-likeness (QED) is 0.717. The Labute approximate surface area is 154 Å². The van der Waals surface area contributed by atoms with Crippen LogP contribution in [-0.2, 0) is 4.79 Å². The molecule has 0 bridgehead atoms. The maximum absolute atomic E-state index is 12.3. The minimum Gasteiger partial charge on any atom is -0.352 e. The molecule has 1 fully saturated rings. The second-order valence-corrected chi connectivity index (χ2v) is 6.67. The molecule has 1 aliphatic heterocycles. The van der Waals surface area contributed by atoms with Gasteiger partial charge in [0.15, 0.2) is 5.13 Å². The molecule has 4 amide bonds. The predicted molar refractivity (Wildman–Crippen MR) is 99.6 cm³/mol. The van der Waals surface area contributed by atoms with Crippen molar-refractivity contribution in [2.75, 3.05) is 29.9 Å². The molecule has 0 aliphatic carbocycles. The van der Waals surface area contributed by atoms with Crippen molar-refractivity contribution in [3.8, 4) is 0 Å². The lowest BCUT2D eigenvalue weighted by Crippen LogP contribution is -2.30. The first-order valence-corrected chi connectivity index (χ1v) is 9.06. The maximum Gasteiger partial charge on any atom is 0.322 e. The van der Waals surface area contributed by atoms with Gasteiger partial charge < -0.3 is 16.0 Å². The van der Waals surface area contributed by atoms with Crippen molar-refractivity contribution in [2.45, 2.75) is 13.3 Å². The van der Waals surface area contributed by atoms with Gasteiger partial charge in [0.25, 0.3) is 5.91 Å². The third kappa shape index (κ3) is 4.17. The predicted octanol–water partition coefficient (Wildman–Crippen LogP) is 1.74. The monoisotopic (exact) mass is 373 g/mol. The zero-order valence-corrected chi connectivity index (χ0v) is 15.1. The van der Waals surface area contributed by atoms with Crippen molar-refractivity contribution in [2.24, 2.45) is 0 Å². The molecular formula is C17H19N5O3S. The first-order chi connectivity index (χ1) is 12.5. The smallest absolute Gasteiger partial charge is 0.322 e. The van der Waals surface area contributed by atoms with E-state index in [2.05, 4.69) is 20.9 Å². The minimum atomic E-state index is -0.284. The third-order valence-electron chi connectivity index (χ3n) is 3.94. The molecule has 1 aliphatic rings. The average molecular weight is 373 g/mol. The standard InChI is InChI=1S/C17H19N5O3S/c1-11-2-3-12(10-13(11)22-8-6-20-17(22)25)15(24)18-5-4-14(23)21-16-19-7-9-26-16/h2-3,7,9-10H,4-6,8H2,1H3,(H,18,24)(H,20,25)(H,19,21,23). The molecule has 1 aromatic carbocycles. The van der Waals surface area contributed by atoms with Crippen molar-refractivity contribution in [1.29, 1.82) is 0 Å². The number of aryl methyl sites for hydroxylation is 1. The first-order valence-electron chi connectivity index (χ1n) is 8.18. The Morgan fingerprint density at radius 3 is 2.92 bits per heavy atom. The second-order valence-electron chi connectivity index (χ2n) is 5.78. The molecule has 0 atom stereocenters. The van der Waals surface area contributed by atoms with E-state index < -0.39 is 0 Å². The topological polar surface area (TPSA) is 103 Å². The van der Waals surface area contributed by atoms with Crippen molar-refractivity contribution in [1.82, 2.24) is 15.6 Å². The summed E-state index contributed by atoms with van der Waals surface area (Å²) in [4.78, 5) is 41.6. The van der Waals surface area contributed by atoms with E-state index in [0.29, 0.717) is 29.5 Å². The van der Waals surface area contributed by atoms with E-state index in [1.165, 1.54) is 11.3 Å². The van der Waals surface area contributed by atoms with E-state index >= 15 is 0 Å². The molecular weight excluding hydrogens is 354 g/mol. The van der Waals surface area contributed by atoms with Crippen LogP contribution in [0.15, 0.2) is 29.8 Å². The highest BCUT2D eigenvalue weighted by Gasteiger charge is 2.23. The lowest BCUT2D eigenvalue weighted by molar-refractivity contribution is -0.116. The summed E-state index contributed by atoms with van der Waals surface area (Å²) in [6.45, 7) is 3.26. The fourth-order valence-electron chi connectivity index (χ4n) is 2.60. The number of anilines is 2. The molecule has 136 valence electrons. The molecule has 1 aromatic heterocycles. The normalized spacial score (nSPS) is 13.4. The van der Waals surface area contributed by atoms with E-state index in [4.69, 9.17) is 0 Å². The second kappa shape index (κ2) is 7.96. The van der Waals surface area contributed by atoms with Crippen molar-refractivity contribution < 1.29 is 14.4 Å². The number of carbonyl (C=O) groups is 3. The lowest BCUT2D eigenvalue weighted by Gasteiger charge is -2.18. The number of aromatic nitrogens is 1. The van der Waals surface area contributed by atoms with Gasteiger partial charge in [-0.25, -0.2) is 9.78 Å². The van der Waals surface area contributed by atoms with Crippen molar-refractivity contribution in [3.63, 3.8) is 0 Å². The first kappa shape index (κ1) is 17.9. The van der Waals surface area contributed by atoms with Crippen LogP contribution >= 0.6 is 11.3 Å². The lowest BCUT2D eigenvalue weighted by atomic mass is 10.1. The fraction of sp³-hybridized carbons (Fsp3) is 0.294. The maximum atomic E-state index is 12.3. The van der Waals surface area contributed by atoms with Gasteiger partial charge in [-0.2, -0.15) is 0 Å². The zero-order valence-electron chi connectivity index (χ0n) is 14.2. The van der Waals surface area contributed by atoms with E-state index in [1.807, 2.05) is 13.0 Å². The van der Waals surface area contributed by atoms with Crippen LogP contribution < -0.4 is 20.9 Å². The number of rotatable bonds is 6. The van der Waals surface area contributed by atoms with Gasteiger partial charge in [-0.1, -0.05) is 6.07 Å². The number of carbonyl (C=O) groups excluding carboxylic acids is 3. The summed E-state index contributed by atoms with van der Waals surface area (Å²) in [6.07, 6.45) is 1.76. The molecule has 2 heterocycles. The number of hydrogen-bond acceptors (Lipinski definition) is 5. The zero-order chi connectivity index (χ0) is 18.5. The molecule has 26 heavy (non-hydrogen) atoms.